The van der Waals surface area contributed by atoms with Gasteiger partial charge in [-0.05, 0) is 35.9 Å². The molecule has 0 radical (unpaired) electrons. The summed E-state index contributed by atoms with van der Waals surface area (Å²) >= 11 is 0. The Morgan fingerprint density at radius 1 is 1.19 bits per heavy atom. The number of nitrogens with two attached hydrogens (primary N) is 2. The zero-order valence-electron chi connectivity index (χ0n) is 11.5. The topological polar surface area (TPSA) is 107 Å². The second-order valence-corrected chi connectivity index (χ2v) is 6.03. The molecule has 0 spiro atoms. The third-order valence-corrected chi connectivity index (χ3v) is 3.93. The van der Waals surface area contributed by atoms with Crippen molar-refractivity contribution in [2.45, 2.75) is 11.4 Å². The van der Waals surface area contributed by atoms with E-state index in [1.807, 2.05) is 24.3 Å². The van der Waals surface area contributed by atoms with E-state index >= 15 is 0 Å². The Bertz CT molecular complexity index is 745. The first kappa shape index (κ1) is 15.1. The fourth-order valence-electron chi connectivity index (χ4n) is 1.90. The van der Waals surface area contributed by atoms with Gasteiger partial charge in [-0.25, -0.2) is 13.6 Å². The molecule has 0 heterocycles. The summed E-state index contributed by atoms with van der Waals surface area (Å²) in [5.41, 5.74) is 7.56. The van der Waals surface area contributed by atoms with Gasteiger partial charge in [-0.3, -0.25) is 0 Å². The summed E-state index contributed by atoms with van der Waals surface area (Å²) in [6, 6.07) is 12.2. The lowest BCUT2D eigenvalue weighted by Gasteiger charge is -2.10. The molecular weight excluding hydrogens is 290 g/mol. The highest BCUT2D eigenvalue weighted by atomic mass is 32.2. The molecule has 0 unspecified atom stereocenters. The summed E-state index contributed by atoms with van der Waals surface area (Å²) in [4.78, 5) is -0.0746. The molecule has 0 fully saturated rings. The number of sulfonamides is 1. The van der Waals surface area contributed by atoms with Gasteiger partial charge in [0.2, 0.25) is 10.0 Å². The smallest absolute Gasteiger partial charge is 0.240 e. The minimum atomic E-state index is -3.80. The predicted molar refractivity (Wildman–Crippen MR) is 82.5 cm³/mol. The summed E-state index contributed by atoms with van der Waals surface area (Å²) in [6.07, 6.45) is 0. The molecule has 0 aliphatic heterocycles. The standard InChI is InChI=1S/C14H17N3O3S/c1-20-12-4-2-3-10(7-12)9-17-11-5-6-14(13(15)8-11)21(16,18)19/h2-8,17H,9,15H2,1H3,(H2,16,18,19). The number of methoxy groups -OCH3 is 1. The van der Waals surface area contributed by atoms with Gasteiger partial charge in [0.25, 0.3) is 0 Å². The zero-order valence-corrected chi connectivity index (χ0v) is 12.4. The lowest BCUT2D eigenvalue weighted by Crippen LogP contribution is -2.14. The highest BCUT2D eigenvalue weighted by molar-refractivity contribution is 7.89. The maximum atomic E-state index is 11.3. The maximum Gasteiger partial charge on any atom is 0.240 e. The highest BCUT2D eigenvalue weighted by Gasteiger charge is 2.12. The van der Waals surface area contributed by atoms with Crippen LogP contribution in [0.25, 0.3) is 0 Å². The number of benzene rings is 2. The molecule has 5 N–H and O–H groups in total. The van der Waals surface area contributed by atoms with Crippen molar-refractivity contribution >= 4 is 21.4 Å². The molecule has 2 aromatic carbocycles. The number of ether oxygens (including phenoxy) is 1. The fourth-order valence-corrected chi connectivity index (χ4v) is 2.55. The van der Waals surface area contributed by atoms with E-state index in [0.717, 1.165) is 11.3 Å². The Hall–Kier alpha value is -2.25. The van der Waals surface area contributed by atoms with Gasteiger partial charge in [0, 0.05) is 12.2 Å². The van der Waals surface area contributed by atoms with Crippen LogP contribution in [0.5, 0.6) is 5.75 Å². The van der Waals surface area contributed by atoms with E-state index in [2.05, 4.69) is 5.32 Å². The van der Waals surface area contributed by atoms with Crippen molar-refractivity contribution in [1.29, 1.82) is 0 Å². The van der Waals surface area contributed by atoms with Crippen LogP contribution in [0.4, 0.5) is 11.4 Å². The number of primary sulfonamides is 1. The van der Waals surface area contributed by atoms with E-state index in [0.29, 0.717) is 12.2 Å². The average Bonchev–Trinajstić information content (AvgIpc) is 2.44. The van der Waals surface area contributed by atoms with Crippen molar-refractivity contribution in [3.8, 4) is 5.75 Å². The van der Waals surface area contributed by atoms with Crippen molar-refractivity contribution in [3.63, 3.8) is 0 Å². The van der Waals surface area contributed by atoms with Crippen LogP contribution in [-0.2, 0) is 16.6 Å². The number of rotatable bonds is 5. The van der Waals surface area contributed by atoms with Crippen LogP contribution < -0.4 is 20.9 Å². The van der Waals surface area contributed by atoms with E-state index in [4.69, 9.17) is 15.6 Å². The Kier molecular flexibility index (Phi) is 4.35. The maximum absolute atomic E-state index is 11.3. The molecule has 0 bridgehead atoms. The lowest BCUT2D eigenvalue weighted by molar-refractivity contribution is 0.414. The van der Waals surface area contributed by atoms with Gasteiger partial charge in [-0.1, -0.05) is 12.1 Å². The molecule has 0 saturated heterocycles. The fraction of sp³-hybridized carbons (Fsp3) is 0.143. The highest BCUT2D eigenvalue weighted by Crippen LogP contribution is 2.22. The molecule has 6 nitrogen and oxygen atoms in total. The molecule has 0 aliphatic carbocycles. The Morgan fingerprint density at radius 2 is 1.95 bits per heavy atom. The Morgan fingerprint density at radius 3 is 2.57 bits per heavy atom. The largest absolute Gasteiger partial charge is 0.497 e. The van der Waals surface area contributed by atoms with E-state index in [1.165, 1.54) is 6.07 Å². The summed E-state index contributed by atoms with van der Waals surface area (Å²) < 4.78 is 27.7. The second-order valence-electron chi connectivity index (χ2n) is 4.50. The summed E-state index contributed by atoms with van der Waals surface area (Å²) in [5, 5.41) is 8.22. The minimum Gasteiger partial charge on any atom is -0.497 e. The molecule has 0 amide bonds. The van der Waals surface area contributed by atoms with Gasteiger partial charge in [0.1, 0.15) is 10.6 Å². The Labute approximate surface area is 123 Å². The van der Waals surface area contributed by atoms with Gasteiger partial charge >= 0.3 is 0 Å². The van der Waals surface area contributed by atoms with E-state index in [9.17, 15) is 8.42 Å². The van der Waals surface area contributed by atoms with Crippen LogP contribution >= 0.6 is 0 Å². The summed E-state index contributed by atoms with van der Waals surface area (Å²) in [6.45, 7) is 0.561. The van der Waals surface area contributed by atoms with E-state index in [-0.39, 0.29) is 10.6 Å². The number of nitrogen functional groups attached to an aromatic ring is 1. The monoisotopic (exact) mass is 307 g/mol. The first-order valence-electron chi connectivity index (χ1n) is 6.19. The SMILES string of the molecule is COc1cccc(CNc2ccc(S(N)(=O)=O)c(N)c2)c1. The van der Waals surface area contributed by atoms with Crippen molar-refractivity contribution in [2.75, 3.05) is 18.2 Å². The van der Waals surface area contributed by atoms with Gasteiger partial charge in [0.15, 0.2) is 0 Å². The number of anilines is 2. The van der Waals surface area contributed by atoms with Crippen LogP contribution in [0.2, 0.25) is 0 Å². The average molecular weight is 307 g/mol. The summed E-state index contributed by atoms with van der Waals surface area (Å²) in [7, 11) is -2.19. The van der Waals surface area contributed by atoms with Crippen LogP contribution in [0, 0.1) is 0 Å². The van der Waals surface area contributed by atoms with Crippen LogP contribution in [-0.4, -0.2) is 15.5 Å². The van der Waals surface area contributed by atoms with Gasteiger partial charge in [-0.15, -0.1) is 0 Å². The first-order chi connectivity index (χ1) is 9.90. The molecule has 0 atom stereocenters. The van der Waals surface area contributed by atoms with Gasteiger partial charge in [-0.2, -0.15) is 0 Å². The number of hydrogen-bond acceptors (Lipinski definition) is 5. The molecule has 0 aromatic heterocycles. The normalized spacial score (nSPS) is 11.1. The van der Waals surface area contributed by atoms with Crippen molar-refractivity contribution in [1.82, 2.24) is 0 Å². The molecule has 2 aromatic rings. The van der Waals surface area contributed by atoms with Crippen molar-refractivity contribution in [3.05, 3.63) is 48.0 Å². The third-order valence-electron chi connectivity index (χ3n) is 2.95. The molecule has 0 saturated carbocycles. The van der Waals surface area contributed by atoms with Crippen LogP contribution in [0.15, 0.2) is 47.4 Å². The lowest BCUT2D eigenvalue weighted by atomic mass is 10.2. The molecule has 2 rings (SSSR count). The Balaban J connectivity index is 2.12. The van der Waals surface area contributed by atoms with Gasteiger partial charge < -0.3 is 15.8 Å². The minimum absolute atomic E-state index is 0.0746. The van der Waals surface area contributed by atoms with Crippen LogP contribution in [0.1, 0.15) is 5.56 Å². The van der Waals surface area contributed by atoms with Crippen LogP contribution in [0.3, 0.4) is 0 Å². The number of hydrogen-bond donors (Lipinski definition) is 3. The molecule has 0 aliphatic rings. The molecular formula is C14H17N3O3S. The van der Waals surface area contributed by atoms with Crippen molar-refractivity contribution < 1.29 is 13.2 Å². The zero-order chi connectivity index (χ0) is 15.5. The first-order valence-corrected chi connectivity index (χ1v) is 7.74. The molecule has 21 heavy (non-hydrogen) atoms. The molecule has 7 heteroatoms. The molecule has 112 valence electrons. The van der Waals surface area contributed by atoms with Crippen molar-refractivity contribution in [2.24, 2.45) is 5.14 Å². The second kappa shape index (κ2) is 6.02. The number of nitrogens with one attached hydrogen (secondary N) is 1. The third kappa shape index (κ3) is 3.87. The van der Waals surface area contributed by atoms with E-state index < -0.39 is 10.0 Å². The quantitative estimate of drug-likeness (QED) is 0.726. The van der Waals surface area contributed by atoms with Gasteiger partial charge in [0.05, 0.1) is 12.8 Å². The summed E-state index contributed by atoms with van der Waals surface area (Å²) in [5.74, 6) is 0.776. The van der Waals surface area contributed by atoms with E-state index in [1.54, 1.807) is 19.2 Å². The predicted octanol–water partition coefficient (Wildman–Crippen LogP) is 1.54.